The van der Waals surface area contributed by atoms with Crippen molar-refractivity contribution in [1.82, 2.24) is 4.90 Å². The van der Waals surface area contributed by atoms with E-state index in [-0.39, 0.29) is 6.42 Å². The van der Waals surface area contributed by atoms with Crippen molar-refractivity contribution in [2.45, 2.75) is 12.5 Å². The zero-order valence-electron chi connectivity index (χ0n) is 17.2. The molecule has 0 saturated carbocycles. The second-order valence-electron chi connectivity index (χ2n) is 6.38. The van der Waals surface area contributed by atoms with Crippen LogP contribution in [0.2, 0.25) is 0 Å². The highest BCUT2D eigenvalue weighted by molar-refractivity contribution is 5.94. The number of ether oxygens (including phenoxy) is 3. The molecule has 0 bridgehead atoms. The fraction of sp³-hybridized carbons (Fsp3) is 0.333. The molecule has 8 nitrogen and oxygen atoms in total. The molecule has 0 aliphatic carbocycles. The van der Waals surface area contributed by atoms with Gasteiger partial charge in [-0.05, 0) is 5.56 Å². The number of amides is 2. The van der Waals surface area contributed by atoms with Gasteiger partial charge in [-0.3, -0.25) is 4.90 Å². The lowest BCUT2D eigenvalue weighted by Gasteiger charge is -2.30. The molecule has 0 heterocycles. The van der Waals surface area contributed by atoms with Crippen LogP contribution in [-0.2, 0) is 11.2 Å². The molecule has 0 radical (unpaired) electrons. The Morgan fingerprint density at radius 3 is 1.97 bits per heavy atom. The molecular weight excluding hydrogens is 376 g/mol. The number of carboxylic acids is 1. The molecule has 29 heavy (non-hydrogen) atoms. The SMILES string of the molecule is COc1cc(N(C)C(=O)N(C)C(Cc2ccccc2)C(=O)O)cc(OC)c1OC. The summed E-state index contributed by atoms with van der Waals surface area (Å²) in [6.45, 7) is 0. The van der Waals surface area contributed by atoms with Crippen molar-refractivity contribution in [3.8, 4) is 17.2 Å². The molecule has 0 fully saturated rings. The summed E-state index contributed by atoms with van der Waals surface area (Å²) in [6, 6.07) is 10.9. The number of benzene rings is 2. The molecular formula is C21H26N2O6. The van der Waals surface area contributed by atoms with Crippen LogP contribution in [0.5, 0.6) is 17.2 Å². The average molecular weight is 402 g/mol. The van der Waals surface area contributed by atoms with Gasteiger partial charge in [0, 0.05) is 32.6 Å². The first-order valence-electron chi connectivity index (χ1n) is 8.91. The van der Waals surface area contributed by atoms with Gasteiger partial charge in [0.25, 0.3) is 0 Å². The zero-order chi connectivity index (χ0) is 21.6. The molecule has 0 aromatic heterocycles. The van der Waals surface area contributed by atoms with Crippen LogP contribution in [0.25, 0.3) is 0 Å². The molecule has 0 aliphatic heterocycles. The molecule has 1 N–H and O–H groups in total. The van der Waals surface area contributed by atoms with Crippen LogP contribution in [0.1, 0.15) is 5.56 Å². The van der Waals surface area contributed by atoms with Crippen molar-refractivity contribution >= 4 is 17.7 Å². The van der Waals surface area contributed by atoms with Gasteiger partial charge in [0.15, 0.2) is 11.5 Å². The van der Waals surface area contributed by atoms with Crippen molar-refractivity contribution in [2.75, 3.05) is 40.3 Å². The Bertz CT molecular complexity index is 830. The minimum absolute atomic E-state index is 0.196. The van der Waals surface area contributed by atoms with E-state index in [1.54, 1.807) is 19.2 Å². The first-order chi connectivity index (χ1) is 13.8. The molecule has 8 heteroatoms. The van der Waals surface area contributed by atoms with Crippen LogP contribution < -0.4 is 19.1 Å². The maximum Gasteiger partial charge on any atom is 0.326 e. The number of hydrogen-bond acceptors (Lipinski definition) is 5. The quantitative estimate of drug-likeness (QED) is 0.730. The monoisotopic (exact) mass is 402 g/mol. The van der Waals surface area contributed by atoms with Gasteiger partial charge in [-0.15, -0.1) is 0 Å². The average Bonchev–Trinajstić information content (AvgIpc) is 2.75. The predicted octanol–water partition coefficient (Wildman–Crippen LogP) is 2.90. The minimum Gasteiger partial charge on any atom is -0.493 e. The van der Waals surface area contributed by atoms with Gasteiger partial charge in [-0.2, -0.15) is 0 Å². The van der Waals surface area contributed by atoms with Gasteiger partial charge in [-0.25, -0.2) is 9.59 Å². The summed E-state index contributed by atoms with van der Waals surface area (Å²) < 4.78 is 15.9. The van der Waals surface area contributed by atoms with E-state index in [1.807, 2.05) is 30.3 Å². The van der Waals surface area contributed by atoms with E-state index in [9.17, 15) is 14.7 Å². The maximum absolute atomic E-state index is 13.0. The third kappa shape index (κ3) is 4.90. The number of likely N-dealkylation sites (N-methyl/N-ethyl adjacent to an activating group) is 1. The van der Waals surface area contributed by atoms with Crippen molar-refractivity contribution in [2.24, 2.45) is 0 Å². The number of methoxy groups -OCH3 is 3. The smallest absolute Gasteiger partial charge is 0.326 e. The van der Waals surface area contributed by atoms with Gasteiger partial charge in [-0.1, -0.05) is 30.3 Å². The Morgan fingerprint density at radius 1 is 0.966 bits per heavy atom. The molecule has 0 saturated heterocycles. The van der Waals surface area contributed by atoms with E-state index < -0.39 is 18.0 Å². The van der Waals surface area contributed by atoms with Gasteiger partial charge in [0.05, 0.1) is 27.0 Å². The van der Waals surface area contributed by atoms with Gasteiger partial charge in [0.1, 0.15) is 6.04 Å². The van der Waals surface area contributed by atoms with Gasteiger partial charge < -0.3 is 24.2 Å². The van der Waals surface area contributed by atoms with E-state index in [0.29, 0.717) is 22.9 Å². The van der Waals surface area contributed by atoms with Crippen LogP contribution in [0.4, 0.5) is 10.5 Å². The number of anilines is 1. The lowest BCUT2D eigenvalue weighted by atomic mass is 10.1. The number of carboxylic acid groups (broad SMARTS) is 1. The second-order valence-corrected chi connectivity index (χ2v) is 6.38. The number of carbonyl (C=O) groups excluding carboxylic acids is 1. The minimum atomic E-state index is -1.08. The van der Waals surface area contributed by atoms with Crippen LogP contribution >= 0.6 is 0 Å². The third-order valence-electron chi connectivity index (χ3n) is 4.65. The van der Waals surface area contributed by atoms with Gasteiger partial charge in [0.2, 0.25) is 5.75 Å². The van der Waals surface area contributed by atoms with Crippen LogP contribution in [0.15, 0.2) is 42.5 Å². The second kappa shape index (κ2) is 9.68. The fourth-order valence-corrected chi connectivity index (χ4v) is 2.97. The van der Waals surface area contributed by atoms with Crippen LogP contribution in [0, 0.1) is 0 Å². The first kappa shape index (κ1) is 21.9. The molecule has 156 valence electrons. The highest BCUT2D eigenvalue weighted by Crippen LogP contribution is 2.41. The van der Waals surface area contributed by atoms with E-state index >= 15 is 0 Å². The molecule has 0 spiro atoms. The number of nitrogens with zero attached hydrogens (tertiary/aromatic N) is 2. The maximum atomic E-state index is 13.0. The number of aliphatic carboxylic acids is 1. The summed E-state index contributed by atoms with van der Waals surface area (Å²) in [5.41, 5.74) is 1.30. The zero-order valence-corrected chi connectivity index (χ0v) is 17.2. The number of urea groups is 1. The third-order valence-corrected chi connectivity index (χ3v) is 4.65. The lowest BCUT2D eigenvalue weighted by Crippen LogP contribution is -2.49. The molecule has 2 rings (SSSR count). The number of carbonyl (C=O) groups is 2. The Kier molecular flexibility index (Phi) is 7.30. The number of rotatable bonds is 8. The Hall–Kier alpha value is -3.42. The molecule has 2 amide bonds. The van der Waals surface area contributed by atoms with E-state index in [4.69, 9.17) is 14.2 Å². The largest absolute Gasteiger partial charge is 0.493 e. The van der Waals surface area contributed by atoms with Crippen molar-refractivity contribution in [3.63, 3.8) is 0 Å². The van der Waals surface area contributed by atoms with E-state index in [1.165, 1.54) is 38.2 Å². The summed E-state index contributed by atoms with van der Waals surface area (Å²) in [5, 5.41) is 9.67. The molecule has 2 aromatic carbocycles. The Morgan fingerprint density at radius 2 is 1.52 bits per heavy atom. The standard InChI is InChI=1S/C21H26N2O6/c1-22(15-12-17(27-3)19(29-5)18(13-15)28-4)21(26)23(2)16(20(24)25)11-14-9-7-6-8-10-14/h6-10,12-13,16H,11H2,1-5H3,(H,24,25). The normalized spacial score (nSPS) is 11.3. The molecule has 1 atom stereocenters. The highest BCUT2D eigenvalue weighted by atomic mass is 16.5. The molecule has 0 aliphatic rings. The predicted molar refractivity (Wildman–Crippen MR) is 109 cm³/mol. The van der Waals surface area contributed by atoms with Crippen LogP contribution in [0.3, 0.4) is 0 Å². The summed E-state index contributed by atoms with van der Waals surface area (Å²) in [6.07, 6.45) is 0.196. The Balaban J connectivity index is 2.30. The van der Waals surface area contributed by atoms with Crippen LogP contribution in [-0.4, -0.2) is 63.5 Å². The Labute approximate surface area is 170 Å². The van der Waals surface area contributed by atoms with Crippen molar-refractivity contribution in [3.05, 3.63) is 48.0 Å². The number of hydrogen-bond donors (Lipinski definition) is 1. The molecule has 2 aromatic rings. The topological polar surface area (TPSA) is 88.5 Å². The van der Waals surface area contributed by atoms with Crippen molar-refractivity contribution in [1.29, 1.82) is 0 Å². The van der Waals surface area contributed by atoms with Gasteiger partial charge >= 0.3 is 12.0 Å². The van der Waals surface area contributed by atoms with Crippen molar-refractivity contribution < 1.29 is 28.9 Å². The molecule has 1 unspecified atom stereocenters. The summed E-state index contributed by atoms with van der Waals surface area (Å²) >= 11 is 0. The summed E-state index contributed by atoms with van der Waals surface area (Å²) in [7, 11) is 7.48. The van der Waals surface area contributed by atoms with E-state index in [2.05, 4.69) is 0 Å². The summed E-state index contributed by atoms with van der Waals surface area (Å²) in [5.74, 6) is 0.106. The first-order valence-corrected chi connectivity index (χ1v) is 8.91. The highest BCUT2D eigenvalue weighted by Gasteiger charge is 2.30. The summed E-state index contributed by atoms with van der Waals surface area (Å²) in [4.78, 5) is 27.4. The van der Waals surface area contributed by atoms with E-state index in [0.717, 1.165) is 5.56 Å². The fourth-order valence-electron chi connectivity index (χ4n) is 2.97. The lowest BCUT2D eigenvalue weighted by molar-refractivity contribution is -0.141.